The third-order valence-corrected chi connectivity index (χ3v) is 3.98. The van der Waals surface area contributed by atoms with Gasteiger partial charge in [0.15, 0.2) is 0 Å². The summed E-state index contributed by atoms with van der Waals surface area (Å²) in [7, 11) is 1.80. The first-order valence-electron chi connectivity index (χ1n) is 7.18. The first-order valence-corrected chi connectivity index (χ1v) is 7.18. The van der Waals surface area contributed by atoms with Gasteiger partial charge in [0.2, 0.25) is 0 Å². The maximum Gasteiger partial charge on any atom is 0.0589 e. The fraction of sp³-hybridized carbons (Fsp3) is 1.00. The highest BCUT2D eigenvalue weighted by Gasteiger charge is 2.27. The van der Waals surface area contributed by atoms with E-state index in [0.717, 1.165) is 25.6 Å². The highest BCUT2D eigenvalue weighted by Crippen LogP contribution is 2.20. The predicted octanol–water partition coefficient (Wildman–Crippen LogP) is 2.12. The van der Waals surface area contributed by atoms with Crippen molar-refractivity contribution in [1.82, 2.24) is 10.2 Å². The minimum absolute atomic E-state index is 0.693. The monoisotopic (exact) mass is 242 g/mol. The lowest BCUT2D eigenvalue weighted by Crippen LogP contribution is -2.53. The molecule has 3 nitrogen and oxygen atoms in total. The summed E-state index contributed by atoms with van der Waals surface area (Å²) >= 11 is 0. The summed E-state index contributed by atoms with van der Waals surface area (Å²) in [5.41, 5.74) is 0. The second-order valence-corrected chi connectivity index (χ2v) is 5.35. The number of hydrogen-bond acceptors (Lipinski definition) is 3. The molecule has 1 saturated heterocycles. The topological polar surface area (TPSA) is 24.5 Å². The summed E-state index contributed by atoms with van der Waals surface area (Å²) < 4.78 is 5.27. The maximum atomic E-state index is 5.27. The summed E-state index contributed by atoms with van der Waals surface area (Å²) in [5, 5.41) is 3.56. The van der Waals surface area contributed by atoms with Crippen molar-refractivity contribution in [3.63, 3.8) is 0 Å². The average Bonchev–Trinajstić information content (AvgIpc) is 2.34. The summed E-state index contributed by atoms with van der Waals surface area (Å²) in [6, 6.07) is 1.40. The second-order valence-electron chi connectivity index (χ2n) is 5.35. The molecule has 2 atom stereocenters. The Labute approximate surface area is 107 Å². The van der Waals surface area contributed by atoms with E-state index in [1.807, 2.05) is 0 Å². The highest BCUT2D eigenvalue weighted by molar-refractivity contribution is 4.85. The molecule has 2 unspecified atom stereocenters. The highest BCUT2D eigenvalue weighted by atomic mass is 16.5. The quantitative estimate of drug-likeness (QED) is 0.740. The van der Waals surface area contributed by atoms with Gasteiger partial charge in [0.1, 0.15) is 0 Å². The smallest absolute Gasteiger partial charge is 0.0589 e. The van der Waals surface area contributed by atoms with Gasteiger partial charge in [-0.2, -0.15) is 0 Å². The molecule has 1 fully saturated rings. The van der Waals surface area contributed by atoms with Crippen molar-refractivity contribution < 1.29 is 4.74 Å². The SMILES string of the molecule is CCC(CC)N(CCOC)C1CNCC(C)C1. The van der Waals surface area contributed by atoms with Crippen LogP contribution < -0.4 is 5.32 Å². The first kappa shape index (κ1) is 14.9. The fourth-order valence-electron chi connectivity index (χ4n) is 3.00. The zero-order valence-corrected chi connectivity index (χ0v) is 12.0. The van der Waals surface area contributed by atoms with Crippen LogP contribution in [-0.2, 0) is 4.74 Å². The Hall–Kier alpha value is -0.120. The Morgan fingerprint density at radius 1 is 1.29 bits per heavy atom. The number of rotatable bonds is 7. The third-order valence-electron chi connectivity index (χ3n) is 3.98. The molecule has 0 amide bonds. The van der Waals surface area contributed by atoms with Crippen molar-refractivity contribution in [3.8, 4) is 0 Å². The lowest BCUT2D eigenvalue weighted by atomic mass is 9.94. The number of piperidine rings is 1. The molecule has 102 valence electrons. The fourth-order valence-corrected chi connectivity index (χ4v) is 3.00. The van der Waals surface area contributed by atoms with E-state index in [2.05, 4.69) is 31.0 Å². The van der Waals surface area contributed by atoms with E-state index in [0.29, 0.717) is 12.1 Å². The number of nitrogens with one attached hydrogen (secondary N) is 1. The van der Waals surface area contributed by atoms with Gasteiger partial charge in [0, 0.05) is 32.3 Å². The van der Waals surface area contributed by atoms with Gasteiger partial charge in [0.25, 0.3) is 0 Å². The van der Waals surface area contributed by atoms with Crippen LogP contribution in [0.5, 0.6) is 0 Å². The van der Waals surface area contributed by atoms with Crippen molar-refractivity contribution in [1.29, 1.82) is 0 Å². The molecule has 0 radical (unpaired) electrons. The van der Waals surface area contributed by atoms with Crippen LogP contribution in [0.3, 0.4) is 0 Å². The Bertz CT molecular complexity index is 195. The van der Waals surface area contributed by atoms with Gasteiger partial charge < -0.3 is 10.1 Å². The van der Waals surface area contributed by atoms with E-state index in [1.54, 1.807) is 7.11 Å². The Kier molecular flexibility index (Phi) is 7.09. The van der Waals surface area contributed by atoms with Crippen molar-refractivity contribution in [2.24, 2.45) is 5.92 Å². The molecule has 0 saturated carbocycles. The van der Waals surface area contributed by atoms with Crippen LogP contribution in [0.15, 0.2) is 0 Å². The van der Waals surface area contributed by atoms with E-state index in [-0.39, 0.29) is 0 Å². The molecule has 0 spiro atoms. The van der Waals surface area contributed by atoms with Gasteiger partial charge in [-0.25, -0.2) is 0 Å². The van der Waals surface area contributed by atoms with Crippen LogP contribution in [0.1, 0.15) is 40.0 Å². The summed E-state index contributed by atoms with van der Waals surface area (Å²) in [4.78, 5) is 2.67. The van der Waals surface area contributed by atoms with Crippen LogP contribution in [0.25, 0.3) is 0 Å². The van der Waals surface area contributed by atoms with E-state index in [4.69, 9.17) is 4.74 Å². The van der Waals surface area contributed by atoms with Crippen LogP contribution >= 0.6 is 0 Å². The van der Waals surface area contributed by atoms with Crippen molar-refractivity contribution in [3.05, 3.63) is 0 Å². The van der Waals surface area contributed by atoms with Crippen LogP contribution in [0, 0.1) is 5.92 Å². The van der Waals surface area contributed by atoms with Crippen LogP contribution in [0.2, 0.25) is 0 Å². The minimum Gasteiger partial charge on any atom is -0.383 e. The number of hydrogen-bond donors (Lipinski definition) is 1. The first-order chi connectivity index (χ1) is 8.22. The molecule has 0 bridgehead atoms. The summed E-state index contributed by atoms with van der Waals surface area (Å²) in [6.45, 7) is 11.2. The second kappa shape index (κ2) is 8.06. The van der Waals surface area contributed by atoms with E-state index < -0.39 is 0 Å². The molecule has 1 aliphatic heterocycles. The van der Waals surface area contributed by atoms with Gasteiger partial charge in [-0.05, 0) is 31.7 Å². The largest absolute Gasteiger partial charge is 0.383 e. The molecule has 0 aromatic heterocycles. The van der Waals surface area contributed by atoms with Crippen molar-refractivity contribution >= 4 is 0 Å². The number of ether oxygens (including phenoxy) is 1. The summed E-state index contributed by atoms with van der Waals surface area (Å²) in [5.74, 6) is 0.799. The van der Waals surface area contributed by atoms with Gasteiger partial charge >= 0.3 is 0 Å². The van der Waals surface area contributed by atoms with Gasteiger partial charge in [-0.15, -0.1) is 0 Å². The lowest BCUT2D eigenvalue weighted by Gasteiger charge is -2.41. The average molecular weight is 242 g/mol. The molecule has 1 heterocycles. The zero-order valence-electron chi connectivity index (χ0n) is 12.0. The van der Waals surface area contributed by atoms with Crippen molar-refractivity contribution in [2.45, 2.75) is 52.1 Å². The van der Waals surface area contributed by atoms with Crippen LogP contribution in [-0.4, -0.2) is 50.3 Å². The Morgan fingerprint density at radius 3 is 2.53 bits per heavy atom. The Morgan fingerprint density at radius 2 is 2.00 bits per heavy atom. The molecular formula is C14H30N2O. The standard InChI is InChI=1S/C14H30N2O/c1-5-13(6-2)16(7-8-17-4)14-9-12(3)10-15-11-14/h12-15H,5-11H2,1-4H3. The molecule has 1 aliphatic rings. The van der Waals surface area contributed by atoms with Gasteiger partial charge in [-0.1, -0.05) is 20.8 Å². The minimum atomic E-state index is 0.693. The van der Waals surface area contributed by atoms with Crippen LogP contribution in [0.4, 0.5) is 0 Å². The molecule has 1 N–H and O–H groups in total. The normalized spacial score (nSPS) is 25.8. The maximum absolute atomic E-state index is 5.27. The van der Waals surface area contributed by atoms with E-state index in [9.17, 15) is 0 Å². The Balaban J connectivity index is 2.59. The molecule has 0 aromatic carbocycles. The van der Waals surface area contributed by atoms with E-state index >= 15 is 0 Å². The van der Waals surface area contributed by atoms with Crippen molar-refractivity contribution in [2.75, 3.05) is 33.4 Å². The molecule has 3 heteroatoms. The molecule has 1 rings (SSSR count). The lowest BCUT2D eigenvalue weighted by molar-refractivity contribution is 0.0599. The third kappa shape index (κ3) is 4.57. The van der Waals surface area contributed by atoms with Gasteiger partial charge in [-0.3, -0.25) is 4.90 Å². The number of methoxy groups -OCH3 is 1. The van der Waals surface area contributed by atoms with Gasteiger partial charge in [0.05, 0.1) is 6.61 Å². The molecule has 17 heavy (non-hydrogen) atoms. The molecule has 0 aromatic rings. The van der Waals surface area contributed by atoms with E-state index in [1.165, 1.54) is 25.8 Å². The predicted molar refractivity (Wildman–Crippen MR) is 73.4 cm³/mol. The zero-order chi connectivity index (χ0) is 12.7. The number of nitrogens with zero attached hydrogens (tertiary/aromatic N) is 1. The molecular weight excluding hydrogens is 212 g/mol. The summed E-state index contributed by atoms with van der Waals surface area (Å²) in [6.07, 6.45) is 3.81. The molecule has 0 aliphatic carbocycles.